The van der Waals surface area contributed by atoms with E-state index in [1.54, 1.807) is 12.1 Å². The van der Waals surface area contributed by atoms with Gasteiger partial charge in [0, 0.05) is 11.3 Å². The van der Waals surface area contributed by atoms with Gasteiger partial charge in [-0.25, -0.2) is 8.42 Å². The molecule has 1 aliphatic carbocycles. The highest BCUT2D eigenvalue weighted by molar-refractivity contribution is 7.93. The van der Waals surface area contributed by atoms with Crippen molar-refractivity contribution < 1.29 is 13.5 Å². The summed E-state index contributed by atoms with van der Waals surface area (Å²) in [7, 11) is -3.31. The summed E-state index contributed by atoms with van der Waals surface area (Å²) in [6, 6.07) is 5.28. The van der Waals surface area contributed by atoms with Crippen molar-refractivity contribution in [3.8, 4) is 11.8 Å². The van der Waals surface area contributed by atoms with Crippen LogP contribution in [0.15, 0.2) is 18.2 Å². The number of aliphatic hydroxyl groups is 1. The fourth-order valence-electron chi connectivity index (χ4n) is 2.40. The van der Waals surface area contributed by atoms with Gasteiger partial charge in [0.25, 0.3) is 0 Å². The van der Waals surface area contributed by atoms with E-state index in [0.29, 0.717) is 5.69 Å². The summed E-state index contributed by atoms with van der Waals surface area (Å²) in [5, 5.41) is 8.45. The lowest BCUT2D eigenvalue weighted by atomic mass is 10.1. The van der Waals surface area contributed by atoms with Crippen LogP contribution in [0.1, 0.15) is 36.8 Å². The third kappa shape index (κ3) is 3.53. The predicted molar refractivity (Wildman–Crippen MR) is 79.9 cm³/mol. The molecule has 1 fully saturated rings. The minimum Gasteiger partial charge on any atom is -0.384 e. The van der Waals surface area contributed by atoms with Crippen LogP contribution in [-0.4, -0.2) is 25.4 Å². The van der Waals surface area contributed by atoms with E-state index in [-0.39, 0.29) is 11.9 Å². The average molecular weight is 293 g/mol. The highest BCUT2D eigenvalue weighted by atomic mass is 32.2. The number of hydrogen-bond donors (Lipinski definition) is 2. The second-order valence-corrected chi connectivity index (χ2v) is 7.00. The average Bonchev–Trinajstić information content (AvgIpc) is 2.94. The Morgan fingerprint density at radius 1 is 1.35 bits per heavy atom. The van der Waals surface area contributed by atoms with E-state index >= 15 is 0 Å². The van der Waals surface area contributed by atoms with Crippen molar-refractivity contribution in [1.29, 1.82) is 0 Å². The van der Waals surface area contributed by atoms with Gasteiger partial charge < -0.3 is 5.11 Å². The molecule has 2 rings (SSSR count). The Bertz CT molecular complexity index is 635. The summed E-state index contributed by atoms with van der Waals surface area (Å²) in [4.78, 5) is 0. The molecule has 20 heavy (non-hydrogen) atoms. The highest BCUT2D eigenvalue weighted by Crippen LogP contribution is 2.26. The molecule has 0 amide bonds. The van der Waals surface area contributed by atoms with Gasteiger partial charge in [-0.3, -0.25) is 4.72 Å². The van der Waals surface area contributed by atoms with E-state index in [1.165, 1.54) is 0 Å². The number of aliphatic hydroxyl groups excluding tert-OH is 1. The largest absolute Gasteiger partial charge is 0.384 e. The standard InChI is InChI=1S/C15H19NO3S/c1-12-8-9-14(11-13(12)5-4-10-17)16-20(18,19)15-6-2-3-7-15/h8-9,11,15-17H,2-3,6-7,10H2,1H3. The number of hydrogen-bond acceptors (Lipinski definition) is 3. The molecule has 5 heteroatoms. The molecule has 0 spiro atoms. The van der Waals surface area contributed by atoms with Crippen LogP contribution in [0, 0.1) is 18.8 Å². The molecular weight excluding hydrogens is 274 g/mol. The lowest BCUT2D eigenvalue weighted by molar-refractivity contribution is 0.350. The molecule has 0 aromatic heterocycles. The minimum absolute atomic E-state index is 0.211. The topological polar surface area (TPSA) is 66.4 Å². The maximum atomic E-state index is 12.2. The van der Waals surface area contributed by atoms with Crippen LogP contribution in [0.25, 0.3) is 0 Å². The van der Waals surface area contributed by atoms with Crippen molar-refractivity contribution in [1.82, 2.24) is 0 Å². The summed E-state index contributed by atoms with van der Waals surface area (Å²) in [6.07, 6.45) is 3.43. The summed E-state index contributed by atoms with van der Waals surface area (Å²) >= 11 is 0. The van der Waals surface area contributed by atoms with Crippen LogP contribution in [-0.2, 0) is 10.0 Å². The maximum absolute atomic E-state index is 12.2. The van der Waals surface area contributed by atoms with E-state index in [0.717, 1.165) is 36.8 Å². The molecule has 108 valence electrons. The van der Waals surface area contributed by atoms with Gasteiger partial charge in [0.15, 0.2) is 0 Å². The fourth-order valence-corrected chi connectivity index (χ4v) is 3.98. The Kier molecular flexibility index (Phi) is 4.69. The number of rotatable bonds is 3. The van der Waals surface area contributed by atoms with Crippen LogP contribution < -0.4 is 4.72 Å². The second-order valence-electron chi connectivity index (χ2n) is 5.04. The first kappa shape index (κ1) is 14.9. The molecule has 0 bridgehead atoms. The molecule has 0 radical (unpaired) electrons. The zero-order valence-corrected chi connectivity index (χ0v) is 12.3. The summed E-state index contributed by atoms with van der Waals surface area (Å²) in [5.74, 6) is 5.40. The predicted octanol–water partition coefficient (Wildman–Crippen LogP) is 2.02. The Balaban J connectivity index is 2.21. The van der Waals surface area contributed by atoms with E-state index in [9.17, 15) is 8.42 Å². The molecule has 1 aliphatic rings. The molecule has 0 saturated heterocycles. The third-order valence-corrected chi connectivity index (χ3v) is 5.41. The van der Waals surface area contributed by atoms with E-state index in [2.05, 4.69) is 16.6 Å². The molecule has 1 aromatic rings. The van der Waals surface area contributed by atoms with Crippen LogP contribution in [0.3, 0.4) is 0 Å². The summed E-state index contributed by atoms with van der Waals surface area (Å²) < 4.78 is 27.1. The van der Waals surface area contributed by atoms with Crippen LogP contribution in [0.2, 0.25) is 0 Å². The van der Waals surface area contributed by atoms with E-state index in [4.69, 9.17) is 5.11 Å². The zero-order valence-electron chi connectivity index (χ0n) is 11.5. The first-order chi connectivity index (χ1) is 9.53. The molecule has 0 aliphatic heterocycles. The Morgan fingerprint density at radius 3 is 2.70 bits per heavy atom. The minimum atomic E-state index is -3.31. The third-order valence-electron chi connectivity index (χ3n) is 3.54. The summed E-state index contributed by atoms with van der Waals surface area (Å²) in [5.41, 5.74) is 2.21. The first-order valence-electron chi connectivity index (χ1n) is 6.75. The maximum Gasteiger partial charge on any atom is 0.235 e. The van der Waals surface area contributed by atoms with Crippen LogP contribution in [0.5, 0.6) is 0 Å². The zero-order chi connectivity index (χ0) is 14.6. The van der Waals surface area contributed by atoms with E-state index in [1.807, 2.05) is 13.0 Å². The van der Waals surface area contributed by atoms with Crippen LogP contribution in [0.4, 0.5) is 5.69 Å². The molecule has 1 saturated carbocycles. The Morgan fingerprint density at radius 2 is 2.05 bits per heavy atom. The van der Waals surface area contributed by atoms with Crippen molar-refractivity contribution in [2.24, 2.45) is 0 Å². The smallest absolute Gasteiger partial charge is 0.235 e. The van der Waals surface area contributed by atoms with Gasteiger partial charge in [0.05, 0.1) is 5.25 Å². The van der Waals surface area contributed by atoms with Crippen molar-refractivity contribution in [2.75, 3.05) is 11.3 Å². The molecule has 4 nitrogen and oxygen atoms in total. The molecule has 0 heterocycles. The van der Waals surface area contributed by atoms with Gasteiger partial charge in [0.2, 0.25) is 10.0 Å². The van der Waals surface area contributed by atoms with Gasteiger partial charge in [-0.15, -0.1) is 0 Å². The van der Waals surface area contributed by atoms with Crippen molar-refractivity contribution in [2.45, 2.75) is 37.9 Å². The molecule has 2 N–H and O–H groups in total. The Hall–Kier alpha value is -1.51. The quantitative estimate of drug-likeness (QED) is 0.838. The van der Waals surface area contributed by atoms with Crippen molar-refractivity contribution in [3.05, 3.63) is 29.3 Å². The van der Waals surface area contributed by atoms with Crippen molar-refractivity contribution >= 4 is 15.7 Å². The monoisotopic (exact) mass is 293 g/mol. The summed E-state index contributed by atoms with van der Waals surface area (Å²) in [6.45, 7) is 1.69. The lowest BCUT2D eigenvalue weighted by Gasteiger charge is -2.14. The normalized spacial score (nSPS) is 15.7. The van der Waals surface area contributed by atoms with Gasteiger partial charge in [0.1, 0.15) is 6.61 Å². The van der Waals surface area contributed by atoms with Gasteiger partial charge in [-0.1, -0.05) is 30.7 Å². The van der Waals surface area contributed by atoms with Gasteiger partial charge in [-0.05, 0) is 37.5 Å². The van der Waals surface area contributed by atoms with Crippen LogP contribution >= 0.6 is 0 Å². The van der Waals surface area contributed by atoms with E-state index < -0.39 is 10.0 Å². The first-order valence-corrected chi connectivity index (χ1v) is 8.29. The highest BCUT2D eigenvalue weighted by Gasteiger charge is 2.28. The number of anilines is 1. The van der Waals surface area contributed by atoms with Crippen molar-refractivity contribution in [3.63, 3.8) is 0 Å². The van der Waals surface area contributed by atoms with Gasteiger partial charge >= 0.3 is 0 Å². The number of aryl methyl sites for hydroxylation is 1. The molecular formula is C15H19NO3S. The molecule has 0 atom stereocenters. The lowest BCUT2D eigenvalue weighted by Crippen LogP contribution is -2.25. The number of benzene rings is 1. The number of nitrogens with one attached hydrogen (secondary N) is 1. The Labute approximate surface area is 120 Å². The second kappa shape index (κ2) is 6.29. The van der Waals surface area contributed by atoms with Gasteiger partial charge in [-0.2, -0.15) is 0 Å². The number of sulfonamides is 1. The molecule has 1 aromatic carbocycles. The SMILES string of the molecule is Cc1ccc(NS(=O)(=O)C2CCCC2)cc1C#CCO. The fraction of sp³-hybridized carbons (Fsp3) is 0.467. The molecule has 0 unspecified atom stereocenters.